The minimum absolute atomic E-state index is 0.164. The maximum atomic E-state index is 10.6. The molecule has 16 heavy (non-hydrogen) atoms. The van der Waals surface area contributed by atoms with Gasteiger partial charge in [0.05, 0.1) is 0 Å². The van der Waals surface area contributed by atoms with E-state index in [0.717, 1.165) is 24.9 Å². The molecule has 0 aromatic heterocycles. The Morgan fingerprint density at radius 3 is 2.44 bits per heavy atom. The molecule has 1 heterocycles. The van der Waals surface area contributed by atoms with Crippen LogP contribution >= 0.6 is 0 Å². The molecule has 1 saturated heterocycles. The van der Waals surface area contributed by atoms with Gasteiger partial charge in [0.15, 0.2) is 0 Å². The SMILES string of the molecule is CN1CCC[C@H]1[C@](C)(O)c1ccc(O)cc1. The van der Waals surface area contributed by atoms with Gasteiger partial charge in [-0.25, -0.2) is 0 Å². The normalized spacial score (nSPS) is 25.6. The van der Waals surface area contributed by atoms with Gasteiger partial charge in [-0.05, 0) is 51.1 Å². The fourth-order valence-corrected chi connectivity index (χ4v) is 2.61. The Morgan fingerprint density at radius 1 is 1.31 bits per heavy atom. The molecule has 0 aliphatic carbocycles. The van der Waals surface area contributed by atoms with Crippen LogP contribution in [0, 0.1) is 0 Å². The zero-order valence-electron chi connectivity index (χ0n) is 9.85. The van der Waals surface area contributed by atoms with E-state index in [1.807, 2.05) is 14.0 Å². The second kappa shape index (κ2) is 4.07. The van der Waals surface area contributed by atoms with Crippen LogP contribution in [0.1, 0.15) is 25.3 Å². The molecule has 1 fully saturated rings. The number of aromatic hydroxyl groups is 1. The van der Waals surface area contributed by atoms with E-state index >= 15 is 0 Å². The predicted octanol–water partition coefficient (Wildman–Crippen LogP) is 1.69. The summed E-state index contributed by atoms with van der Waals surface area (Å²) in [6, 6.07) is 7.00. The Hall–Kier alpha value is -1.06. The molecule has 1 aliphatic heterocycles. The zero-order valence-corrected chi connectivity index (χ0v) is 9.85. The number of nitrogens with zero attached hydrogens (tertiary/aromatic N) is 1. The Bertz CT molecular complexity index is 359. The molecule has 2 atom stereocenters. The van der Waals surface area contributed by atoms with Gasteiger partial charge in [-0.3, -0.25) is 0 Å². The summed E-state index contributed by atoms with van der Waals surface area (Å²) < 4.78 is 0. The number of hydrogen-bond donors (Lipinski definition) is 2. The lowest BCUT2D eigenvalue weighted by Gasteiger charge is -2.35. The Balaban J connectivity index is 2.27. The van der Waals surface area contributed by atoms with Crippen LogP contribution in [-0.2, 0) is 5.60 Å². The highest BCUT2D eigenvalue weighted by atomic mass is 16.3. The first-order valence-corrected chi connectivity index (χ1v) is 5.74. The van der Waals surface area contributed by atoms with Gasteiger partial charge in [0.1, 0.15) is 11.4 Å². The molecule has 1 aliphatic rings. The largest absolute Gasteiger partial charge is 0.508 e. The Labute approximate surface area is 96.3 Å². The second-order valence-electron chi connectivity index (χ2n) is 4.83. The molecule has 1 aromatic carbocycles. The molecule has 88 valence electrons. The molecule has 3 nitrogen and oxygen atoms in total. The van der Waals surface area contributed by atoms with Gasteiger partial charge >= 0.3 is 0 Å². The van der Waals surface area contributed by atoms with E-state index in [4.69, 9.17) is 0 Å². The zero-order chi connectivity index (χ0) is 11.8. The average molecular weight is 221 g/mol. The van der Waals surface area contributed by atoms with Crippen molar-refractivity contribution in [1.29, 1.82) is 0 Å². The van der Waals surface area contributed by atoms with E-state index in [1.54, 1.807) is 24.3 Å². The lowest BCUT2D eigenvalue weighted by Crippen LogP contribution is -2.43. The number of likely N-dealkylation sites (N-methyl/N-ethyl adjacent to an activating group) is 1. The standard InChI is InChI=1S/C13H19NO2/c1-13(16,12-4-3-9-14(12)2)10-5-7-11(15)8-6-10/h5-8,12,15-16H,3-4,9H2,1-2H3/t12-,13+/m0/s1. The molecule has 0 saturated carbocycles. The Kier molecular flexibility index (Phi) is 2.91. The average Bonchev–Trinajstić information content (AvgIpc) is 2.66. The summed E-state index contributed by atoms with van der Waals surface area (Å²) in [7, 11) is 2.05. The van der Waals surface area contributed by atoms with Crippen LogP contribution in [0.2, 0.25) is 0 Å². The van der Waals surface area contributed by atoms with E-state index in [1.165, 1.54) is 0 Å². The van der Waals surface area contributed by atoms with Gasteiger partial charge in [0.2, 0.25) is 0 Å². The first-order chi connectivity index (χ1) is 7.51. The highest BCUT2D eigenvalue weighted by Crippen LogP contribution is 2.34. The molecule has 0 spiro atoms. The molecule has 2 N–H and O–H groups in total. The molecular formula is C13H19NO2. The van der Waals surface area contributed by atoms with Crippen LogP contribution in [0.15, 0.2) is 24.3 Å². The van der Waals surface area contributed by atoms with E-state index in [0.29, 0.717) is 0 Å². The fraction of sp³-hybridized carbons (Fsp3) is 0.538. The summed E-state index contributed by atoms with van der Waals surface area (Å²) in [5.41, 5.74) is 0.0166. The van der Waals surface area contributed by atoms with Crippen LogP contribution in [0.25, 0.3) is 0 Å². The summed E-state index contributed by atoms with van der Waals surface area (Å²) >= 11 is 0. The van der Waals surface area contributed by atoms with Crippen molar-refractivity contribution in [3.8, 4) is 5.75 Å². The number of phenolic OH excluding ortho intramolecular Hbond substituents is 1. The number of likely N-dealkylation sites (tertiary alicyclic amines) is 1. The van der Waals surface area contributed by atoms with Crippen molar-refractivity contribution in [2.24, 2.45) is 0 Å². The fourth-order valence-electron chi connectivity index (χ4n) is 2.61. The van der Waals surface area contributed by atoms with Gasteiger partial charge in [-0.1, -0.05) is 12.1 Å². The second-order valence-corrected chi connectivity index (χ2v) is 4.83. The summed E-state index contributed by atoms with van der Waals surface area (Å²) in [6.07, 6.45) is 2.15. The lowest BCUT2D eigenvalue weighted by molar-refractivity contribution is -0.0153. The highest BCUT2D eigenvalue weighted by Gasteiger charge is 2.38. The predicted molar refractivity (Wildman–Crippen MR) is 63.3 cm³/mol. The van der Waals surface area contributed by atoms with Crippen molar-refractivity contribution in [3.63, 3.8) is 0 Å². The van der Waals surface area contributed by atoms with E-state index < -0.39 is 5.60 Å². The molecular weight excluding hydrogens is 202 g/mol. The van der Waals surface area contributed by atoms with Crippen LogP contribution < -0.4 is 0 Å². The Morgan fingerprint density at radius 2 is 1.94 bits per heavy atom. The van der Waals surface area contributed by atoms with E-state index in [2.05, 4.69) is 4.90 Å². The van der Waals surface area contributed by atoms with Crippen LogP contribution in [0.4, 0.5) is 0 Å². The monoisotopic (exact) mass is 221 g/mol. The lowest BCUT2D eigenvalue weighted by atomic mass is 9.87. The molecule has 0 amide bonds. The summed E-state index contributed by atoms with van der Waals surface area (Å²) in [5, 5.41) is 19.9. The van der Waals surface area contributed by atoms with Crippen molar-refractivity contribution in [1.82, 2.24) is 4.90 Å². The van der Waals surface area contributed by atoms with Crippen LogP contribution in [0.5, 0.6) is 5.75 Å². The number of phenols is 1. The molecule has 0 radical (unpaired) electrons. The number of aliphatic hydroxyl groups is 1. The summed E-state index contributed by atoms with van der Waals surface area (Å²) in [4.78, 5) is 2.20. The van der Waals surface area contributed by atoms with E-state index in [9.17, 15) is 10.2 Å². The van der Waals surface area contributed by atoms with Crippen molar-refractivity contribution < 1.29 is 10.2 Å². The first kappa shape index (κ1) is 11.4. The number of hydrogen-bond acceptors (Lipinski definition) is 3. The number of rotatable bonds is 2. The first-order valence-electron chi connectivity index (χ1n) is 5.74. The quantitative estimate of drug-likeness (QED) is 0.798. The molecule has 0 bridgehead atoms. The highest BCUT2D eigenvalue weighted by molar-refractivity contribution is 5.30. The molecule has 2 rings (SSSR count). The van der Waals surface area contributed by atoms with Crippen LogP contribution in [0.3, 0.4) is 0 Å². The van der Waals surface area contributed by atoms with Gasteiger partial charge in [-0.15, -0.1) is 0 Å². The third-order valence-electron chi connectivity index (χ3n) is 3.62. The maximum absolute atomic E-state index is 10.6. The third-order valence-corrected chi connectivity index (χ3v) is 3.62. The summed E-state index contributed by atoms with van der Waals surface area (Å²) in [6.45, 7) is 2.89. The van der Waals surface area contributed by atoms with Gasteiger partial charge in [0, 0.05) is 6.04 Å². The molecule has 1 aromatic rings. The molecule has 0 unspecified atom stereocenters. The molecule has 3 heteroatoms. The van der Waals surface area contributed by atoms with Crippen molar-refractivity contribution >= 4 is 0 Å². The maximum Gasteiger partial charge on any atom is 0.115 e. The van der Waals surface area contributed by atoms with Gasteiger partial charge in [-0.2, -0.15) is 0 Å². The van der Waals surface area contributed by atoms with Gasteiger partial charge < -0.3 is 15.1 Å². The van der Waals surface area contributed by atoms with Crippen molar-refractivity contribution in [2.45, 2.75) is 31.4 Å². The van der Waals surface area contributed by atoms with Gasteiger partial charge in [0.25, 0.3) is 0 Å². The van der Waals surface area contributed by atoms with Crippen molar-refractivity contribution in [2.75, 3.05) is 13.6 Å². The van der Waals surface area contributed by atoms with Crippen molar-refractivity contribution in [3.05, 3.63) is 29.8 Å². The minimum Gasteiger partial charge on any atom is -0.508 e. The van der Waals surface area contributed by atoms with Crippen LogP contribution in [-0.4, -0.2) is 34.7 Å². The topological polar surface area (TPSA) is 43.7 Å². The minimum atomic E-state index is -0.848. The smallest absolute Gasteiger partial charge is 0.115 e. The van der Waals surface area contributed by atoms with E-state index in [-0.39, 0.29) is 11.8 Å². The summed E-state index contributed by atoms with van der Waals surface area (Å²) in [5.74, 6) is 0.235. The third kappa shape index (κ3) is 1.93. The number of benzene rings is 1.